The molecule has 0 aliphatic rings. The molecule has 2 amide bonds. The van der Waals surface area contributed by atoms with Gasteiger partial charge in [0.05, 0.1) is 11.6 Å². The van der Waals surface area contributed by atoms with Crippen LogP contribution in [0.1, 0.15) is 18.4 Å². The molecule has 0 unspecified atom stereocenters. The molecule has 0 spiro atoms. The lowest BCUT2D eigenvalue weighted by Crippen LogP contribution is -2.48. The van der Waals surface area contributed by atoms with E-state index in [1.807, 2.05) is 0 Å². The molecule has 6 nitrogen and oxygen atoms in total. The number of benzene rings is 2. The van der Waals surface area contributed by atoms with Crippen LogP contribution in [0.25, 0.3) is 6.08 Å². The molecule has 0 bridgehead atoms. The molecule has 10 heteroatoms. The van der Waals surface area contributed by atoms with Crippen LogP contribution in [0.15, 0.2) is 48.5 Å². The number of amides is 2. The standard InChI is InChI=1S/C20H18Cl3N3O3S/c21-14-6-3-13(4-7-14)5-10-18(27)24-20(30)26-25-19(28)2-1-11-29-17-9-8-15(22)12-16(17)23/h3-10,12H,1-2,11H2,(H,25,28)(H2,24,26,27,30)/b10-5+. The summed E-state index contributed by atoms with van der Waals surface area (Å²) in [5, 5.41) is 3.92. The number of halogens is 3. The van der Waals surface area contributed by atoms with Gasteiger partial charge in [-0.2, -0.15) is 0 Å². The minimum absolute atomic E-state index is 0.0293. The summed E-state index contributed by atoms with van der Waals surface area (Å²) in [6.45, 7) is 0.297. The Morgan fingerprint density at radius 1 is 1.00 bits per heavy atom. The largest absolute Gasteiger partial charge is 0.492 e. The summed E-state index contributed by atoms with van der Waals surface area (Å²) in [5.41, 5.74) is 5.68. The number of hydrogen-bond donors (Lipinski definition) is 3. The van der Waals surface area contributed by atoms with Crippen molar-refractivity contribution in [1.82, 2.24) is 16.2 Å². The molecule has 0 saturated carbocycles. The van der Waals surface area contributed by atoms with Gasteiger partial charge >= 0.3 is 0 Å². The highest BCUT2D eigenvalue weighted by atomic mass is 35.5. The van der Waals surface area contributed by atoms with Crippen molar-refractivity contribution in [2.45, 2.75) is 12.8 Å². The van der Waals surface area contributed by atoms with E-state index >= 15 is 0 Å². The normalized spacial score (nSPS) is 10.5. The van der Waals surface area contributed by atoms with E-state index in [0.717, 1.165) is 5.56 Å². The van der Waals surface area contributed by atoms with Gasteiger partial charge < -0.3 is 4.74 Å². The molecule has 0 fully saturated rings. The van der Waals surface area contributed by atoms with Crippen LogP contribution in [0, 0.1) is 0 Å². The van der Waals surface area contributed by atoms with Crippen molar-refractivity contribution in [3.63, 3.8) is 0 Å². The van der Waals surface area contributed by atoms with E-state index in [4.69, 9.17) is 51.8 Å². The van der Waals surface area contributed by atoms with Gasteiger partial charge in [0.15, 0.2) is 5.11 Å². The van der Waals surface area contributed by atoms with Crippen LogP contribution < -0.4 is 20.9 Å². The summed E-state index contributed by atoms with van der Waals surface area (Å²) in [4.78, 5) is 23.7. The first kappa shape index (κ1) is 24.0. The highest BCUT2D eigenvalue weighted by Crippen LogP contribution is 2.27. The molecule has 0 radical (unpaired) electrons. The monoisotopic (exact) mass is 485 g/mol. The van der Waals surface area contributed by atoms with Crippen molar-refractivity contribution in [3.05, 3.63) is 69.2 Å². The Bertz CT molecular complexity index is 937. The quantitative estimate of drug-likeness (QED) is 0.232. The van der Waals surface area contributed by atoms with Gasteiger partial charge in [0.25, 0.3) is 0 Å². The van der Waals surface area contributed by atoms with Gasteiger partial charge in [0.1, 0.15) is 5.75 Å². The minimum Gasteiger partial charge on any atom is -0.492 e. The van der Waals surface area contributed by atoms with Gasteiger partial charge in [0, 0.05) is 22.5 Å². The predicted molar refractivity (Wildman–Crippen MR) is 124 cm³/mol. The zero-order valence-electron chi connectivity index (χ0n) is 15.6. The van der Waals surface area contributed by atoms with E-state index in [9.17, 15) is 9.59 Å². The van der Waals surface area contributed by atoms with Crippen LogP contribution in [0.3, 0.4) is 0 Å². The van der Waals surface area contributed by atoms with Crippen molar-refractivity contribution in [3.8, 4) is 5.75 Å². The van der Waals surface area contributed by atoms with Gasteiger partial charge in [-0.15, -0.1) is 0 Å². The third kappa shape index (κ3) is 9.00. The second-order valence-corrected chi connectivity index (χ2v) is 7.59. The Labute approximate surface area is 194 Å². The molecule has 0 saturated heterocycles. The van der Waals surface area contributed by atoms with Crippen LogP contribution in [-0.2, 0) is 9.59 Å². The number of rotatable bonds is 7. The van der Waals surface area contributed by atoms with Crippen molar-refractivity contribution in [1.29, 1.82) is 0 Å². The van der Waals surface area contributed by atoms with E-state index in [0.29, 0.717) is 33.8 Å². The fraction of sp³-hybridized carbons (Fsp3) is 0.150. The number of hydrogen-bond acceptors (Lipinski definition) is 4. The van der Waals surface area contributed by atoms with Crippen molar-refractivity contribution in [2.24, 2.45) is 0 Å². The average molecular weight is 487 g/mol. The number of carbonyl (C=O) groups is 2. The van der Waals surface area contributed by atoms with Crippen LogP contribution in [-0.4, -0.2) is 23.5 Å². The first-order valence-corrected chi connectivity index (χ1v) is 10.3. The number of carbonyl (C=O) groups excluding carboxylic acids is 2. The molecule has 30 heavy (non-hydrogen) atoms. The van der Waals surface area contributed by atoms with Gasteiger partial charge in [0.2, 0.25) is 11.8 Å². The van der Waals surface area contributed by atoms with Crippen molar-refractivity contribution >= 4 is 70.0 Å². The maximum absolute atomic E-state index is 11.8. The van der Waals surface area contributed by atoms with E-state index in [-0.39, 0.29) is 17.4 Å². The smallest absolute Gasteiger partial charge is 0.250 e. The van der Waals surface area contributed by atoms with Crippen LogP contribution in [0.2, 0.25) is 15.1 Å². The molecule has 0 aliphatic heterocycles. The zero-order chi connectivity index (χ0) is 21.9. The lowest BCUT2D eigenvalue weighted by molar-refractivity contribution is -0.122. The Morgan fingerprint density at radius 3 is 2.40 bits per heavy atom. The topological polar surface area (TPSA) is 79.5 Å². The molecule has 0 heterocycles. The summed E-state index contributed by atoms with van der Waals surface area (Å²) in [6.07, 6.45) is 3.57. The summed E-state index contributed by atoms with van der Waals surface area (Å²) < 4.78 is 5.50. The first-order chi connectivity index (χ1) is 14.3. The number of ether oxygens (including phenoxy) is 1. The van der Waals surface area contributed by atoms with Gasteiger partial charge in [-0.1, -0.05) is 46.9 Å². The average Bonchev–Trinajstić information content (AvgIpc) is 2.70. The second kappa shape index (κ2) is 12.4. The lowest BCUT2D eigenvalue weighted by atomic mass is 10.2. The van der Waals surface area contributed by atoms with E-state index in [1.165, 1.54) is 6.08 Å². The zero-order valence-corrected chi connectivity index (χ0v) is 18.7. The summed E-state index contributed by atoms with van der Waals surface area (Å²) in [7, 11) is 0. The van der Waals surface area contributed by atoms with E-state index in [2.05, 4.69) is 16.2 Å². The maximum atomic E-state index is 11.8. The molecular weight excluding hydrogens is 469 g/mol. The van der Waals surface area contributed by atoms with Gasteiger partial charge in [-0.25, -0.2) is 0 Å². The van der Waals surface area contributed by atoms with E-state index in [1.54, 1.807) is 48.5 Å². The first-order valence-electron chi connectivity index (χ1n) is 8.75. The van der Waals surface area contributed by atoms with Crippen LogP contribution in [0.4, 0.5) is 0 Å². The molecule has 0 aliphatic carbocycles. The highest BCUT2D eigenvalue weighted by Gasteiger charge is 2.06. The third-order valence-electron chi connectivity index (χ3n) is 3.55. The Balaban J connectivity index is 1.62. The van der Waals surface area contributed by atoms with Crippen LogP contribution in [0.5, 0.6) is 5.75 Å². The van der Waals surface area contributed by atoms with Gasteiger partial charge in [-0.05, 0) is 60.6 Å². The van der Waals surface area contributed by atoms with Gasteiger partial charge in [-0.3, -0.25) is 25.8 Å². The number of hydrazine groups is 1. The summed E-state index contributed by atoms with van der Waals surface area (Å²) >= 11 is 22.6. The van der Waals surface area contributed by atoms with Crippen LogP contribution >= 0.6 is 47.0 Å². The van der Waals surface area contributed by atoms with E-state index < -0.39 is 5.91 Å². The Hall–Kier alpha value is -2.32. The van der Waals surface area contributed by atoms with Crippen molar-refractivity contribution < 1.29 is 14.3 Å². The fourth-order valence-corrected chi connectivity index (χ4v) is 2.87. The molecule has 2 aromatic rings. The fourth-order valence-electron chi connectivity index (χ4n) is 2.13. The molecule has 3 N–H and O–H groups in total. The number of thiocarbonyl (C=S) groups is 1. The minimum atomic E-state index is -0.440. The molecule has 0 aromatic heterocycles. The summed E-state index contributed by atoms with van der Waals surface area (Å²) in [5.74, 6) is -0.255. The lowest BCUT2D eigenvalue weighted by Gasteiger charge is -2.10. The maximum Gasteiger partial charge on any atom is 0.250 e. The highest BCUT2D eigenvalue weighted by molar-refractivity contribution is 7.80. The molecule has 2 aromatic carbocycles. The SMILES string of the molecule is O=C(/C=C/c1ccc(Cl)cc1)NC(=S)NNC(=O)CCCOc1ccc(Cl)cc1Cl. The molecular formula is C20H18Cl3N3O3S. The third-order valence-corrected chi connectivity index (χ3v) is 4.54. The Morgan fingerprint density at radius 2 is 1.70 bits per heavy atom. The Kier molecular flexibility index (Phi) is 9.89. The number of nitrogens with one attached hydrogen (secondary N) is 3. The molecule has 0 atom stereocenters. The predicted octanol–water partition coefficient (Wildman–Crippen LogP) is 4.54. The van der Waals surface area contributed by atoms with Crippen molar-refractivity contribution in [2.75, 3.05) is 6.61 Å². The summed E-state index contributed by atoms with van der Waals surface area (Å²) in [6, 6.07) is 11.9. The molecule has 2 rings (SSSR count). The molecule has 158 valence electrons. The second-order valence-electron chi connectivity index (χ2n) is 5.90.